The molecule has 1 aromatic heterocycles. The minimum atomic E-state index is -4.57. The molecular formula is C12H11ClF3N3O2. The van der Waals surface area contributed by atoms with Crippen molar-refractivity contribution in [1.29, 1.82) is 0 Å². The Kier molecular flexibility index (Phi) is 3.23. The maximum atomic E-state index is 12.7. The predicted molar refractivity (Wildman–Crippen MR) is 67.0 cm³/mol. The molecule has 3 rings (SSSR count). The molecule has 1 saturated carbocycles. The molecule has 1 N–H and O–H groups in total. The van der Waals surface area contributed by atoms with Gasteiger partial charge in [0.05, 0.1) is 0 Å². The number of hydrogen-bond acceptors (Lipinski definition) is 4. The number of piperidine rings is 1. The van der Waals surface area contributed by atoms with Crippen molar-refractivity contribution < 1.29 is 23.1 Å². The summed E-state index contributed by atoms with van der Waals surface area (Å²) < 4.78 is 38.1. The number of anilines is 1. The Labute approximate surface area is 122 Å². The lowest BCUT2D eigenvalue weighted by atomic mass is 10.2. The Morgan fingerprint density at radius 3 is 2.52 bits per heavy atom. The average molecular weight is 322 g/mol. The Bertz CT molecular complexity index is 584. The summed E-state index contributed by atoms with van der Waals surface area (Å²) >= 11 is 5.55. The molecule has 0 amide bonds. The molecule has 0 spiro atoms. The van der Waals surface area contributed by atoms with E-state index in [2.05, 4.69) is 9.97 Å². The van der Waals surface area contributed by atoms with Crippen molar-refractivity contribution in [3.8, 4) is 0 Å². The SMILES string of the molecule is O=C(O)C[C@H]1[C@H]2CN(c3cc(C(F)(F)F)nc(Cl)n3)C[C@@H]12. The van der Waals surface area contributed by atoms with E-state index in [9.17, 15) is 18.0 Å². The van der Waals surface area contributed by atoms with Crippen LogP contribution in [0.15, 0.2) is 6.07 Å². The van der Waals surface area contributed by atoms with Crippen molar-refractivity contribution in [2.75, 3.05) is 18.0 Å². The van der Waals surface area contributed by atoms with Crippen LogP contribution in [-0.4, -0.2) is 34.1 Å². The van der Waals surface area contributed by atoms with Gasteiger partial charge in [0.25, 0.3) is 0 Å². The highest BCUT2D eigenvalue weighted by atomic mass is 35.5. The molecule has 0 unspecified atom stereocenters. The van der Waals surface area contributed by atoms with Gasteiger partial charge >= 0.3 is 12.1 Å². The first-order valence-corrected chi connectivity index (χ1v) is 6.72. The zero-order chi connectivity index (χ0) is 15.4. The van der Waals surface area contributed by atoms with Crippen molar-refractivity contribution in [3.05, 3.63) is 17.0 Å². The van der Waals surface area contributed by atoms with Crippen molar-refractivity contribution in [2.45, 2.75) is 12.6 Å². The number of carboxylic acids is 1. The fraction of sp³-hybridized carbons (Fsp3) is 0.583. The molecule has 2 aliphatic rings. The molecule has 1 aliphatic carbocycles. The molecule has 5 nitrogen and oxygen atoms in total. The Balaban J connectivity index is 1.73. The summed E-state index contributed by atoms with van der Waals surface area (Å²) in [4.78, 5) is 19.4. The third-order valence-electron chi connectivity index (χ3n) is 4.08. The predicted octanol–water partition coefficient (Wildman–Crippen LogP) is 2.31. The van der Waals surface area contributed by atoms with E-state index >= 15 is 0 Å². The lowest BCUT2D eigenvalue weighted by Gasteiger charge is -2.21. The second-order valence-electron chi connectivity index (χ2n) is 5.37. The molecule has 3 atom stereocenters. The number of fused-ring (bicyclic) bond motifs is 1. The van der Waals surface area contributed by atoms with Crippen LogP contribution in [0.2, 0.25) is 5.28 Å². The van der Waals surface area contributed by atoms with E-state index in [4.69, 9.17) is 16.7 Å². The molecule has 0 bridgehead atoms. The highest BCUT2D eigenvalue weighted by Crippen LogP contribution is 2.54. The Morgan fingerprint density at radius 1 is 1.38 bits per heavy atom. The maximum absolute atomic E-state index is 12.7. The number of halogens is 4. The van der Waals surface area contributed by atoms with Crippen LogP contribution in [0.1, 0.15) is 12.1 Å². The molecule has 2 fully saturated rings. The minimum Gasteiger partial charge on any atom is -0.481 e. The quantitative estimate of drug-likeness (QED) is 0.865. The molecule has 21 heavy (non-hydrogen) atoms. The number of aliphatic carboxylic acids is 1. The van der Waals surface area contributed by atoms with Crippen LogP contribution < -0.4 is 4.90 Å². The molecule has 2 heterocycles. The minimum absolute atomic E-state index is 0.113. The van der Waals surface area contributed by atoms with E-state index < -0.39 is 23.1 Å². The number of nitrogens with zero attached hydrogens (tertiary/aromatic N) is 3. The fourth-order valence-electron chi connectivity index (χ4n) is 3.05. The summed E-state index contributed by atoms with van der Waals surface area (Å²) in [5.74, 6) is -0.152. The van der Waals surface area contributed by atoms with E-state index in [0.29, 0.717) is 13.1 Å². The third kappa shape index (κ3) is 2.76. The highest BCUT2D eigenvalue weighted by Gasteiger charge is 2.56. The molecule has 1 saturated heterocycles. The van der Waals surface area contributed by atoms with Gasteiger partial charge in [0.1, 0.15) is 5.82 Å². The normalized spacial score (nSPS) is 27.6. The lowest BCUT2D eigenvalue weighted by Crippen LogP contribution is -2.26. The van der Waals surface area contributed by atoms with Gasteiger partial charge in [0.2, 0.25) is 5.28 Å². The van der Waals surface area contributed by atoms with Gasteiger partial charge in [-0.05, 0) is 29.4 Å². The molecular weight excluding hydrogens is 311 g/mol. The van der Waals surface area contributed by atoms with Gasteiger partial charge in [0, 0.05) is 25.6 Å². The first-order valence-electron chi connectivity index (χ1n) is 6.34. The fourth-order valence-corrected chi connectivity index (χ4v) is 3.23. The van der Waals surface area contributed by atoms with Crippen LogP contribution in [0, 0.1) is 17.8 Å². The van der Waals surface area contributed by atoms with E-state index in [0.717, 1.165) is 6.07 Å². The van der Waals surface area contributed by atoms with Crippen LogP contribution in [0.3, 0.4) is 0 Å². The van der Waals surface area contributed by atoms with E-state index in [-0.39, 0.29) is 30.0 Å². The highest BCUT2D eigenvalue weighted by molar-refractivity contribution is 6.28. The Morgan fingerprint density at radius 2 is 2.00 bits per heavy atom. The monoisotopic (exact) mass is 321 g/mol. The van der Waals surface area contributed by atoms with Crippen LogP contribution in [-0.2, 0) is 11.0 Å². The van der Waals surface area contributed by atoms with Crippen molar-refractivity contribution in [1.82, 2.24) is 9.97 Å². The second-order valence-corrected chi connectivity index (χ2v) is 5.71. The van der Waals surface area contributed by atoms with Crippen LogP contribution >= 0.6 is 11.6 Å². The molecule has 1 aliphatic heterocycles. The Hall–Kier alpha value is -1.57. The van der Waals surface area contributed by atoms with Gasteiger partial charge in [-0.1, -0.05) is 0 Å². The van der Waals surface area contributed by atoms with Gasteiger partial charge in [-0.2, -0.15) is 13.2 Å². The number of rotatable bonds is 3. The van der Waals surface area contributed by atoms with Gasteiger partial charge < -0.3 is 10.0 Å². The summed E-state index contributed by atoms with van der Waals surface area (Å²) in [6, 6.07) is 0.878. The number of alkyl halides is 3. The van der Waals surface area contributed by atoms with E-state index in [1.54, 1.807) is 4.90 Å². The zero-order valence-electron chi connectivity index (χ0n) is 10.6. The van der Waals surface area contributed by atoms with Crippen molar-refractivity contribution in [3.63, 3.8) is 0 Å². The molecule has 1 aromatic rings. The van der Waals surface area contributed by atoms with Gasteiger partial charge in [0.15, 0.2) is 5.69 Å². The van der Waals surface area contributed by atoms with Crippen molar-refractivity contribution in [2.24, 2.45) is 17.8 Å². The molecule has 114 valence electrons. The standard InChI is InChI=1S/C12H11ClF3N3O2/c13-11-17-8(12(14,15)16)2-9(18-11)19-3-6-5(1-10(20)21)7(6)4-19/h2,5-7H,1,3-4H2,(H,20,21)/t5-,6+,7-. The average Bonchev–Trinajstić information content (AvgIpc) is 2.83. The smallest absolute Gasteiger partial charge is 0.433 e. The summed E-state index contributed by atoms with van der Waals surface area (Å²) in [6.45, 7) is 1.01. The molecule has 9 heteroatoms. The molecule has 0 aromatic carbocycles. The summed E-state index contributed by atoms with van der Waals surface area (Å²) in [7, 11) is 0. The third-order valence-corrected chi connectivity index (χ3v) is 4.25. The van der Waals surface area contributed by atoms with E-state index in [1.807, 2.05) is 0 Å². The zero-order valence-corrected chi connectivity index (χ0v) is 11.4. The summed E-state index contributed by atoms with van der Waals surface area (Å²) in [5, 5.41) is 8.31. The summed E-state index contributed by atoms with van der Waals surface area (Å²) in [5.41, 5.74) is -1.07. The molecule has 0 radical (unpaired) electrons. The maximum Gasteiger partial charge on any atom is 0.433 e. The number of carbonyl (C=O) groups is 1. The van der Waals surface area contributed by atoms with Gasteiger partial charge in [-0.3, -0.25) is 4.79 Å². The largest absolute Gasteiger partial charge is 0.481 e. The van der Waals surface area contributed by atoms with Gasteiger partial charge in [-0.15, -0.1) is 0 Å². The number of carboxylic acid groups (broad SMARTS) is 1. The first kappa shape index (κ1) is 14.4. The second kappa shape index (κ2) is 4.72. The lowest BCUT2D eigenvalue weighted by molar-refractivity contribution is -0.141. The summed E-state index contributed by atoms with van der Waals surface area (Å²) in [6.07, 6.45) is -4.46. The van der Waals surface area contributed by atoms with Crippen LogP contribution in [0.5, 0.6) is 0 Å². The van der Waals surface area contributed by atoms with E-state index in [1.165, 1.54) is 0 Å². The number of aromatic nitrogens is 2. The first-order chi connectivity index (χ1) is 9.75. The van der Waals surface area contributed by atoms with Crippen molar-refractivity contribution >= 4 is 23.4 Å². The number of hydrogen-bond donors (Lipinski definition) is 1. The van der Waals surface area contributed by atoms with Crippen LogP contribution in [0.25, 0.3) is 0 Å². The van der Waals surface area contributed by atoms with Gasteiger partial charge in [-0.25, -0.2) is 9.97 Å². The topological polar surface area (TPSA) is 66.3 Å². The van der Waals surface area contributed by atoms with Crippen LogP contribution in [0.4, 0.5) is 19.0 Å².